The van der Waals surface area contributed by atoms with Gasteiger partial charge in [-0.1, -0.05) is 54.6 Å². The number of amides is 1. The van der Waals surface area contributed by atoms with Crippen molar-refractivity contribution < 1.29 is 14.3 Å². The minimum absolute atomic E-state index is 0.263. The van der Waals surface area contributed by atoms with Crippen molar-refractivity contribution in [3.8, 4) is 16.9 Å². The molecule has 0 saturated carbocycles. The molecule has 2 aromatic carbocycles. The molecule has 0 saturated heterocycles. The van der Waals surface area contributed by atoms with E-state index in [1.54, 1.807) is 34.0 Å². The molecule has 0 radical (unpaired) electrons. The Morgan fingerprint density at radius 1 is 1.00 bits per heavy atom. The summed E-state index contributed by atoms with van der Waals surface area (Å²) in [6.07, 6.45) is 0. The Morgan fingerprint density at radius 2 is 1.71 bits per heavy atom. The number of likely N-dealkylation sites (N-methyl/N-ethyl adjacent to an activating group) is 1. The normalized spacial score (nSPS) is 10.6. The molecule has 0 aliphatic heterocycles. The van der Waals surface area contributed by atoms with Crippen molar-refractivity contribution in [3.05, 3.63) is 94.8 Å². The Morgan fingerprint density at radius 3 is 2.39 bits per heavy atom. The first-order chi connectivity index (χ1) is 15.1. The van der Waals surface area contributed by atoms with Crippen molar-refractivity contribution in [2.75, 3.05) is 13.7 Å². The molecule has 1 amide bonds. The number of carbonyl (C=O) groups is 2. The van der Waals surface area contributed by atoms with E-state index in [9.17, 15) is 9.59 Å². The van der Waals surface area contributed by atoms with Crippen molar-refractivity contribution in [2.45, 2.75) is 6.54 Å². The van der Waals surface area contributed by atoms with Gasteiger partial charge < -0.3 is 9.64 Å². The molecule has 31 heavy (non-hydrogen) atoms. The van der Waals surface area contributed by atoms with Crippen molar-refractivity contribution >= 4 is 23.2 Å². The van der Waals surface area contributed by atoms with Crippen LogP contribution < -0.4 is 0 Å². The molecule has 4 rings (SSSR count). The maximum atomic E-state index is 12.9. The smallest absolute Gasteiger partial charge is 0.357 e. The first-order valence-corrected chi connectivity index (χ1v) is 10.6. The van der Waals surface area contributed by atoms with Gasteiger partial charge >= 0.3 is 5.97 Å². The molecule has 4 aromatic rings. The third-order valence-electron chi connectivity index (χ3n) is 4.71. The third kappa shape index (κ3) is 4.90. The minimum atomic E-state index is -0.601. The number of carbonyl (C=O) groups excluding carboxylic acids is 2. The van der Waals surface area contributed by atoms with Crippen LogP contribution in [0.15, 0.2) is 84.2 Å². The fourth-order valence-corrected chi connectivity index (χ4v) is 3.84. The van der Waals surface area contributed by atoms with Gasteiger partial charge in [-0.2, -0.15) is 5.10 Å². The summed E-state index contributed by atoms with van der Waals surface area (Å²) in [7, 11) is 1.69. The quantitative estimate of drug-likeness (QED) is 0.407. The van der Waals surface area contributed by atoms with Crippen LogP contribution in [0.1, 0.15) is 15.4 Å². The summed E-state index contributed by atoms with van der Waals surface area (Å²) in [4.78, 5) is 27.9. The van der Waals surface area contributed by atoms with Gasteiger partial charge in [-0.15, -0.1) is 11.3 Å². The number of benzene rings is 2. The Bertz CT molecular complexity index is 1160. The summed E-state index contributed by atoms with van der Waals surface area (Å²) in [6.45, 7) is 0.148. The highest BCUT2D eigenvalue weighted by Crippen LogP contribution is 2.22. The first kappa shape index (κ1) is 20.6. The van der Waals surface area contributed by atoms with Crippen molar-refractivity contribution in [3.63, 3.8) is 0 Å². The number of para-hydroxylation sites is 1. The van der Waals surface area contributed by atoms with Gasteiger partial charge in [-0.3, -0.25) is 4.79 Å². The van der Waals surface area contributed by atoms with E-state index in [2.05, 4.69) is 5.10 Å². The number of nitrogens with zero attached hydrogens (tertiary/aromatic N) is 3. The maximum Gasteiger partial charge on any atom is 0.357 e. The molecule has 0 aliphatic carbocycles. The summed E-state index contributed by atoms with van der Waals surface area (Å²) >= 11 is 1.58. The molecule has 2 aromatic heterocycles. The average molecular weight is 432 g/mol. The number of rotatable bonds is 7. The molecule has 2 heterocycles. The van der Waals surface area contributed by atoms with E-state index in [1.165, 1.54) is 0 Å². The number of esters is 1. The highest BCUT2D eigenvalue weighted by atomic mass is 32.1. The molecule has 0 unspecified atom stereocenters. The van der Waals surface area contributed by atoms with Crippen LogP contribution in [0, 0.1) is 0 Å². The Balaban J connectivity index is 1.52. The number of thiophene rings is 1. The standard InChI is InChI=1S/C24H21N3O3S/c1-26(16-20-13-8-14-31-20)23(28)17-30-24(29)22-15-21(18-9-4-2-5-10-18)25-27(22)19-11-6-3-7-12-19/h2-15H,16-17H2,1H3. The third-order valence-corrected chi connectivity index (χ3v) is 5.58. The van der Waals surface area contributed by atoms with Crippen molar-refractivity contribution in [1.29, 1.82) is 0 Å². The fourth-order valence-electron chi connectivity index (χ4n) is 3.08. The fraction of sp³-hybridized carbons (Fsp3) is 0.125. The molecule has 6 nitrogen and oxygen atoms in total. The molecular formula is C24H21N3O3S. The minimum Gasteiger partial charge on any atom is -0.451 e. The molecule has 0 fully saturated rings. The SMILES string of the molecule is CN(Cc1cccs1)C(=O)COC(=O)c1cc(-c2ccccc2)nn1-c1ccccc1. The topological polar surface area (TPSA) is 64.4 Å². The van der Waals surface area contributed by atoms with Crippen molar-refractivity contribution in [1.82, 2.24) is 14.7 Å². The van der Waals surface area contributed by atoms with Gasteiger partial charge in [-0.25, -0.2) is 9.48 Å². The summed E-state index contributed by atoms with van der Waals surface area (Å²) in [5.74, 6) is -0.868. The van der Waals surface area contributed by atoms with Crippen LogP contribution in [-0.4, -0.2) is 40.2 Å². The second-order valence-electron chi connectivity index (χ2n) is 6.93. The lowest BCUT2D eigenvalue weighted by molar-refractivity contribution is -0.133. The summed E-state index contributed by atoms with van der Waals surface area (Å²) < 4.78 is 6.90. The molecule has 0 bridgehead atoms. The Kier molecular flexibility index (Phi) is 6.24. The van der Waals surface area contributed by atoms with Crippen LogP contribution in [0.25, 0.3) is 16.9 Å². The Labute approximate surface area is 184 Å². The molecule has 0 N–H and O–H groups in total. The van der Waals surface area contributed by atoms with Gasteiger partial charge in [0.15, 0.2) is 12.3 Å². The van der Waals surface area contributed by atoms with Gasteiger partial charge in [0.1, 0.15) is 0 Å². The molecular weight excluding hydrogens is 410 g/mol. The summed E-state index contributed by atoms with van der Waals surface area (Å²) in [5.41, 5.74) is 2.53. The number of ether oxygens (including phenoxy) is 1. The lowest BCUT2D eigenvalue weighted by Crippen LogP contribution is -2.30. The highest BCUT2D eigenvalue weighted by Gasteiger charge is 2.21. The van der Waals surface area contributed by atoms with Crippen molar-refractivity contribution in [2.24, 2.45) is 0 Å². The van der Waals surface area contributed by atoms with Crippen LogP contribution in [0.5, 0.6) is 0 Å². The van der Waals surface area contributed by atoms with E-state index in [0.717, 1.165) is 16.1 Å². The average Bonchev–Trinajstić information content (AvgIpc) is 3.48. The van der Waals surface area contributed by atoms with E-state index < -0.39 is 5.97 Å². The number of hydrogen-bond acceptors (Lipinski definition) is 5. The number of aromatic nitrogens is 2. The Hall–Kier alpha value is -3.71. The summed E-state index contributed by atoms with van der Waals surface area (Å²) in [5, 5.41) is 6.57. The predicted octanol–water partition coefficient (Wildman–Crippen LogP) is 4.42. The monoisotopic (exact) mass is 431 g/mol. The highest BCUT2D eigenvalue weighted by molar-refractivity contribution is 7.09. The zero-order chi connectivity index (χ0) is 21.6. The zero-order valence-corrected chi connectivity index (χ0v) is 17.8. The van der Waals surface area contributed by atoms with Gasteiger partial charge in [-0.05, 0) is 29.6 Å². The molecule has 0 spiro atoms. The molecule has 156 valence electrons. The zero-order valence-electron chi connectivity index (χ0n) is 17.0. The maximum absolute atomic E-state index is 12.9. The van der Waals surface area contributed by atoms with Gasteiger partial charge in [0.05, 0.1) is 17.9 Å². The van der Waals surface area contributed by atoms with E-state index in [0.29, 0.717) is 12.2 Å². The van der Waals surface area contributed by atoms with Crippen LogP contribution in [0.2, 0.25) is 0 Å². The first-order valence-electron chi connectivity index (χ1n) is 9.76. The number of hydrogen-bond donors (Lipinski definition) is 0. The van der Waals surface area contributed by atoms with Gasteiger partial charge in [0.25, 0.3) is 5.91 Å². The largest absolute Gasteiger partial charge is 0.451 e. The predicted molar refractivity (Wildman–Crippen MR) is 120 cm³/mol. The van der Waals surface area contributed by atoms with E-state index >= 15 is 0 Å². The molecule has 0 aliphatic rings. The van der Waals surface area contributed by atoms with Gasteiger partial charge in [0.2, 0.25) is 0 Å². The van der Waals surface area contributed by atoms with E-state index in [1.807, 2.05) is 78.2 Å². The second kappa shape index (κ2) is 9.40. The summed E-state index contributed by atoms with van der Waals surface area (Å²) in [6, 6.07) is 24.5. The lowest BCUT2D eigenvalue weighted by atomic mass is 10.1. The van der Waals surface area contributed by atoms with E-state index in [-0.39, 0.29) is 18.2 Å². The van der Waals surface area contributed by atoms with Crippen LogP contribution in [0.3, 0.4) is 0 Å². The van der Waals surface area contributed by atoms with Crippen LogP contribution in [-0.2, 0) is 16.1 Å². The van der Waals surface area contributed by atoms with Crippen LogP contribution in [0.4, 0.5) is 0 Å². The second-order valence-corrected chi connectivity index (χ2v) is 7.97. The van der Waals surface area contributed by atoms with Gasteiger partial charge in [0, 0.05) is 17.5 Å². The van der Waals surface area contributed by atoms with E-state index in [4.69, 9.17) is 4.74 Å². The molecule has 7 heteroatoms. The molecule has 0 atom stereocenters. The lowest BCUT2D eigenvalue weighted by Gasteiger charge is -2.16. The van der Waals surface area contributed by atoms with Crippen LogP contribution >= 0.6 is 11.3 Å².